The van der Waals surface area contributed by atoms with Crippen LogP contribution < -0.4 is 5.32 Å². The van der Waals surface area contributed by atoms with Crippen LogP contribution >= 0.6 is 0 Å². The number of anilines is 1. The van der Waals surface area contributed by atoms with Crippen molar-refractivity contribution in [3.05, 3.63) is 18.5 Å². The molecule has 1 N–H and O–H groups in total. The Kier molecular flexibility index (Phi) is 3.02. The molecule has 0 aromatic carbocycles. The van der Waals surface area contributed by atoms with Crippen molar-refractivity contribution in [2.24, 2.45) is 5.92 Å². The molecule has 1 radical (unpaired) electrons. The molecule has 1 rings (SSSR count). The summed E-state index contributed by atoms with van der Waals surface area (Å²) in [6.45, 7) is 6.43. The van der Waals surface area contributed by atoms with Crippen LogP contribution in [-0.2, 0) is 0 Å². The minimum atomic E-state index is 0.390. The summed E-state index contributed by atoms with van der Waals surface area (Å²) < 4.78 is 0. The van der Waals surface area contributed by atoms with Crippen LogP contribution in [0.15, 0.2) is 12.3 Å². The fraction of sp³-hybridized carbons (Fsp3) is 0.556. The summed E-state index contributed by atoms with van der Waals surface area (Å²) in [4.78, 5) is 8.00. The van der Waals surface area contributed by atoms with Gasteiger partial charge in [-0.2, -0.15) is 0 Å². The minimum absolute atomic E-state index is 0.390. The van der Waals surface area contributed by atoms with E-state index in [2.05, 4.69) is 42.3 Å². The molecule has 3 heteroatoms. The molecule has 1 aromatic heterocycles. The van der Waals surface area contributed by atoms with Crippen LogP contribution in [-0.4, -0.2) is 16.0 Å². The predicted molar refractivity (Wildman–Crippen MR) is 48.8 cm³/mol. The van der Waals surface area contributed by atoms with Crippen molar-refractivity contribution in [1.29, 1.82) is 0 Å². The zero-order chi connectivity index (χ0) is 8.97. The Balaban J connectivity index is 2.53. The average molecular weight is 164 g/mol. The summed E-state index contributed by atoms with van der Waals surface area (Å²) in [5.41, 5.74) is 0. The number of hydrogen-bond donors (Lipinski definition) is 1. The van der Waals surface area contributed by atoms with E-state index >= 15 is 0 Å². The maximum atomic E-state index is 4.05. The first-order valence-corrected chi connectivity index (χ1v) is 4.16. The Morgan fingerprint density at radius 3 is 2.67 bits per heavy atom. The van der Waals surface area contributed by atoms with Crippen molar-refractivity contribution in [2.75, 3.05) is 5.32 Å². The van der Waals surface area contributed by atoms with E-state index in [0.717, 1.165) is 0 Å². The summed E-state index contributed by atoms with van der Waals surface area (Å²) >= 11 is 0. The van der Waals surface area contributed by atoms with E-state index in [-0.39, 0.29) is 0 Å². The highest BCUT2D eigenvalue weighted by molar-refractivity contribution is 5.23. The smallest absolute Gasteiger partial charge is 0.223 e. The molecule has 0 fully saturated rings. The first-order chi connectivity index (χ1) is 5.70. The largest absolute Gasteiger partial charge is 0.351 e. The molecule has 0 saturated heterocycles. The van der Waals surface area contributed by atoms with Crippen molar-refractivity contribution >= 4 is 5.95 Å². The molecule has 1 aromatic rings. The van der Waals surface area contributed by atoms with Gasteiger partial charge in [0.1, 0.15) is 0 Å². The maximum absolute atomic E-state index is 4.05. The van der Waals surface area contributed by atoms with Gasteiger partial charge in [-0.3, -0.25) is 0 Å². The van der Waals surface area contributed by atoms with Crippen molar-refractivity contribution in [2.45, 2.75) is 26.8 Å². The summed E-state index contributed by atoms with van der Waals surface area (Å²) in [5, 5.41) is 3.19. The number of rotatable bonds is 3. The topological polar surface area (TPSA) is 37.8 Å². The van der Waals surface area contributed by atoms with E-state index in [1.165, 1.54) is 0 Å². The molecular formula is C9H14N3. The van der Waals surface area contributed by atoms with Gasteiger partial charge >= 0.3 is 0 Å². The molecular weight excluding hydrogens is 150 g/mol. The van der Waals surface area contributed by atoms with Crippen LogP contribution in [0.1, 0.15) is 20.8 Å². The zero-order valence-corrected chi connectivity index (χ0v) is 7.70. The van der Waals surface area contributed by atoms with Crippen LogP contribution in [0.5, 0.6) is 0 Å². The molecule has 0 aliphatic heterocycles. The lowest BCUT2D eigenvalue weighted by Crippen LogP contribution is -2.22. The van der Waals surface area contributed by atoms with Gasteiger partial charge in [-0.1, -0.05) is 13.8 Å². The van der Waals surface area contributed by atoms with Crippen LogP contribution in [0.2, 0.25) is 0 Å². The lowest BCUT2D eigenvalue weighted by Gasteiger charge is -2.16. The van der Waals surface area contributed by atoms with Gasteiger partial charge in [-0.05, 0) is 18.9 Å². The van der Waals surface area contributed by atoms with E-state index in [0.29, 0.717) is 17.9 Å². The highest BCUT2D eigenvalue weighted by atomic mass is 15.1. The molecule has 1 heterocycles. The summed E-state index contributed by atoms with van der Waals surface area (Å²) in [6.07, 6.45) is 4.41. The average Bonchev–Trinajstić information content (AvgIpc) is 2.06. The first kappa shape index (κ1) is 8.97. The van der Waals surface area contributed by atoms with Gasteiger partial charge < -0.3 is 5.32 Å². The molecule has 0 bridgehead atoms. The minimum Gasteiger partial charge on any atom is -0.351 e. The quantitative estimate of drug-likeness (QED) is 0.739. The van der Waals surface area contributed by atoms with Gasteiger partial charge in [0.2, 0.25) is 5.95 Å². The van der Waals surface area contributed by atoms with Crippen LogP contribution in [0.3, 0.4) is 0 Å². The highest BCUT2D eigenvalue weighted by Crippen LogP contribution is 2.05. The Bertz CT molecular complexity index is 220. The third-order valence-electron chi connectivity index (χ3n) is 1.87. The summed E-state index contributed by atoms with van der Waals surface area (Å²) in [7, 11) is 0. The van der Waals surface area contributed by atoms with Crippen molar-refractivity contribution in [3.8, 4) is 0 Å². The van der Waals surface area contributed by atoms with E-state index < -0.39 is 0 Å². The Labute approximate surface area is 73.2 Å². The van der Waals surface area contributed by atoms with Gasteiger partial charge in [-0.15, -0.1) is 0 Å². The second-order valence-electron chi connectivity index (χ2n) is 3.19. The van der Waals surface area contributed by atoms with E-state index in [1.54, 1.807) is 12.3 Å². The molecule has 0 amide bonds. The van der Waals surface area contributed by atoms with Crippen LogP contribution in [0.25, 0.3) is 0 Å². The van der Waals surface area contributed by atoms with E-state index in [9.17, 15) is 0 Å². The number of nitrogens with zero attached hydrogens (tertiary/aromatic N) is 2. The molecule has 3 nitrogen and oxygen atoms in total. The van der Waals surface area contributed by atoms with Crippen molar-refractivity contribution in [3.63, 3.8) is 0 Å². The molecule has 12 heavy (non-hydrogen) atoms. The number of hydrogen-bond acceptors (Lipinski definition) is 3. The Hall–Kier alpha value is -1.12. The molecule has 1 unspecified atom stereocenters. The number of nitrogens with one attached hydrogen (secondary N) is 1. The SMILES string of the molecule is CC(C)C(C)Nc1n[c]ccn1. The molecule has 0 aliphatic rings. The molecule has 0 spiro atoms. The van der Waals surface area contributed by atoms with E-state index in [1.807, 2.05) is 0 Å². The maximum Gasteiger partial charge on any atom is 0.223 e. The van der Waals surface area contributed by atoms with Crippen molar-refractivity contribution in [1.82, 2.24) is 9.97 Å². The van der Waals surface area contributed by atoms with Gasteiger partial charge in [0, 0.05) is 12.2 Å². The second kappa shape index (κ2) is 4.04. The van der Waals surface area contributed by atoms with Gasteiger partial charge in [0.25, 0.3) is 0 Å². The van der Waals surface area contributed by atoms with Crippen LogP contribution in [0, 0.1) is 12.1 Å². The summed E-state index contributed by atoms with van der Waals surface area (Å²) in [6, 6.07) is 2.08. The third-order valence-corrected chi connectivity index (χ3v) is 1.87. The lowest BCUT2D eigenvalue weighted by atomic mass is 10.1. The molecule has 65 valence electrons. The first-order valence-electron chi connectivity index (χ1n) is 4.16. The van der Waals surface area contributed by atoms with Gasteiger partial charge in [0.15, 0.2) is 0 Å². The van der Waals surface area contributed by atoms with E-state index in [4.69, 9.17) is 0 Å². The highest BCUT2D eigenvalue weighted by Gasteiger charge is 2.06. The molecule has 1 atom stereocenters. The standard InChI is InChI=1S/C9H14N3/c1-7(2)8(3)12-9-10-5-4-6-11-9/h4-5,7-8H,1-3H3,(H,10,11,12). The fourth-order valence-electron chi connectivity index (χ4n) is 0.708. The molecule has 0 aliphatic carbocycles. The monoisotopic (exact) mass is 164 g/mol. The fourth-order valence-corrected chi connectivity index (χ4v) is 0.708. The Morgan fingerprint density at radius 1 is 1.42 bits per heavy atom. The van der Waals surface area contributed by atoms with Crippen LogP contribution in [0.4, 0.5) is 5.95 Å². The lowest BCUT2D eigenvalue weighted by molar-refractivity contribution is 0.556. The zero-order valence-electron chi connectivity index (χ0n) is 7.70. The Morgan fingerprint density at radius 2 is 2.17 bits per heavy atom. The third kappa shape index (κ3) is 2.49. The predicted octanol–water partition coefficient (Wildman–Crippen LogP) is 1.73. The normalized spacial score (nSPS) is 13.0. The molecule has 0 saturated carbocycles. The van der Waals surface area contributed by atoms with Gasteiger partial charge in [0.05, 0.1) is 6.20 Å². The second-order valence-corrected chi connectivity index (χ2v) is 3.19. The van der Waals surface area contributed by atoms with Crippen molar-refractivity contribution < 1.29 is 0 Å². The summed E-state index contributed by atoms with van der Waals surface area (Å²) in [5.74, 6) is 1.23. The van der Waals surface area contributed by atoms with Gasteiger partial charge in [-0.25, -0.2) is 9.97 Å². The number of aromatic nitrogens is 2.